The quantitative estimate of drug-likeness (QED) is 0.870. The lowest BCUT2D eigenvalue weighted by Crippen LogP contribution is -2.11. The van der Waals surface area contributed by atoms with Gasteiger partial charge in [-0.05, 0) is 41.2 Å². The third kappa shape index (κ3) is 4.18. The van der Waals surface area contributed by atoms with Gasteiger partial charge in [0.15, 0.2) is 0 Å². The summed E-state index contributed by atoms with van der Waals surface area (Å²) < 4.78 is 12.4. The summed E-state index contributed by atoms with van der Waals surface area (Å²) in [4.78, 5) is 0.887. The maximum Gasteiger partial charge on any atom is 0.0532 e. The van der Waals surface area contributed by atoms with Crippen molar-refractivity contribution >= 4 is 16.5 Å². The van der Waals surface area contributed by atoms with E-state index in [0.717, 1.165) is 22.6 Å². The Bertz CT molecular complexity index is 626. The van der Waals surface area contributed by atoms with E-state index in [2.05, 4.69) is 32.9 Å². The van der Waals surface area contributed by atoms with E-state index in [9.17, 15) is 4.21 Å². The summed E-state index contributed by atoms with van der Waals surface area (Å²) in [5, 5.41) is 0. The third-order valence-corrected chi connectivity index (χ3v) is 4.97. The molecule has 2 nitrogen and oxygen atoms in total. The smallest absolute Gasteiger partial charge is 0.0532 e. The molecule has 0 amide bonds. The zero-order valence-corrected chi connectivity index (χ0v) is 13.7. The second-order valence-electron chi connectivity index (χ2n) is 6.27. The van der Waals surface area contributed by atoms with Gasteiger partial charge in [-0.15, -0.1) is 0 Å². The Morgan fingerprint density at radius 3 is 2.19 bits per heavy atom. The average molecular weight is 301 g/mol. The van der Waals surface area contributed by atoms with E-state index in [1.54, 1.807) is 0 Å². The standard InChI is InChI=1S/C18H23NOS/c1-18(2,3)15-8-10-16(11-9-15)21(20)13-12-14-6-4-5-7-17(14)19/h4-11H,12-13,19H2,1-3H3. The highest BCUT2D eigenvalue weighted by atomic mass is 32.2. The Balaban J connectivity index is 2.03. The minimum atomic E-state index is -0.983. The Kier molecular flexibility index (Phi) is 4.84. The van der Waals surface area contributed by atoms with Crippen LogP contribution in [-0.4, -0.2) is 9.96 Å². The highest BCUT2D eigenvalue weighted by Gasteiger charge is 2.14. The summed E-state index contributed by atoms with van der Waals surface area (Å²) in [7, 11) is -0.983. The maximum absolute atomic E-state index is 12.4. The zero-order chi connectivity index (χ0) is 15.5. The number of anilines is 1. The van der Waals surface area contributed by atoms with Crippen molar-refractivity contribution < 1.29 is 4.21 Å². The molecule has 3 heteroatoms. The number of para-hydroxylation sites is 1. The fourth-order valence-electron chi connectivity index (χ4n) is 2.19. The number of hydrogen-bond donors (Lipinski definition) is 1. The fourth-order valence-corrected chi connectivity index (χ4v) is 3.27. The Hall–Kier alpha value is -1.61. The van der Waals surface area contributed by atoms with Gasteiger partial charge in [0, 0.05) is 16.3 Å². The lowest BCUT2D eigenvalue weighted by molar-refractivity contribution is 0.589. The second kappa shape index (κ2) is 6.44. The summed E-state index contributed by atoms with van der Waals surface area (Å²) in [6.07, 6.45) is 0.736. The predicted molar refractivity (Wildman–Crippen MR) is 91.0 cm³/mol. The fraction of sp³-hybridized carbons (Fsp3) is 0.333. The molecule has 2 aromatic carbocycles. The van der Waals surface area contributed by atoms with Crippen LogP contribution in [0, 0.1) is 0 Å². The summed E-state index contributed by atoms with van der Waals surface area (Å²) in [6, 6.07) is 15.9. The molecule has 0 heterocycles. The first kappa shape index (κ1) is 15.8. The number of benzene rings is 2. The first-order chi connectivity index (χ1) is 9.88. The van der Waals surface area contributed by atoms with Crippen molar-refractivity contribution in [2.75, 3.05) is 11.5 Å². The van der Waals surface area contributed by atoms with Crippen LogP contribution in [-0.2, 0) is 22.6 Å². The Labute approximate surface area is 129 Å². The van der Waals surface area contributed by atoms with E-state index in [4.69, 9.17) is 5.73 Å². The van der Waals surface area contributed by atoms with Crippen LogP contribution in [0.5, 0.6) is 0 Å². The number of nitrogen functional groups attached to an aromatic ring is 1. The first-order valence-electron chi connectivity index (χ1n) is 7.20. The molecule has 0 spiro atoms. The van der Waals surface area contributed by atoms with Crippen molar-refractivity contribution in [2.45, 2.75) is 37.5 Å². The van der Waals surface area contributed by atoms with Gasteiger partial charge < -0.3 is 5.73 Å². The van der Waals surface area contributed by atoms with Gasteiger partial charge in [0.1, 0.15) is 0 Å². The maximum atomic E-state index is 12.4. The van der Waals surface area contributed by atoms with Crippen molar-refractivity contribution in [3.63, 3.8) is 0 Å². The van der Waals surface area contributed by atoms with Crippen LogP contribution in [0.2, 0.25) is 0 Å². The molecule has 0 fully saturated rings. The molecule has 0 aliphatic rings. The molecule has 2 aromatic rings. The summed E-state index contributed by atoms with van der Waals surface area (Å²) >= 11 is 0. The van der Waals surface area contributed by atoms with Crippen LogP contribution < -0.4 is 5.73 Å². The lowest BCUT2D eigenvalue weighted by Gasteiger charge is -2.19. The van der Waals surface area contributed by atoms with E-state index in [1.807, 2.05) is 36.4 Å². The molecule has 0 saturated carbocycles. The van der Waals surface area contributed by atoms with E-state index >= 15 is 0 Å². The highest BCUT2D eigenvalue weighted by Crippen LogP contribution is 2.23. The molecular formula is C18H23NOS. The topological polar surface area (TPSA) is 43.1 Å². The highest BCUT2D eigenvalue weighted by molar-refractivity contribution is 7.85. The molecule has 0 aliphatic heterocycles. The minimum Gasteiger partial charge on any atom is -0.399 e. The van der Waals surface area contributed by atoms with Gasteiger partial charge in [-0.25, -0.2) is 0 Å². The average Bonchev–Trinajstić information content (AvgIpc) is 2.45. The van der Waals surface area contributed by atoms with Gasteiger partial charge in [0.2, 0.25) is 0 Å². The van der Waals surface area contributed by atoms with Crippen LogP contribution in [0.4, 0.5) is 5.69 Å². The summed E-state index contributed by atoms with van der Waals surface area (Å²) in [5.74, 6) is 0.600. The third-order valence-electron chi connectivity index (χ3n) is 3.60. The normalized spacial score (nSPS) is 13.1. The number of rotatable bonds is 4. The van der Waals surface area contributed by atoms with Crippen molar-refractivity contribution in [3.05, 3.63) is 59.7 Å². The molecule has 112 valence electrons. The molecule has 1 unspecified atom stereocenters. The molecule has 0 aromatic heterocycles. The van der Waals surface area contributed by atoms with Gasteiger partial charge in [0.05, 0.1) is 10.8 Å². The molecule has 2 rings (SSSR count). The Morgan fingerprint density at radius 2 is 1.62 bits per heavy atom. The first-order valence-corrected chi connectivity index (χ1v) is 8.52. The Morgan fingerprint density at radius 1 is 1.00 bits per heavy atom. The van der Waals surface area contributed by atoms with Crippen LogP contribution >= 0.6 is 0 Å². The van der Waals surface area contributed by atoms with Gasteiger partial charge in [-0.2, -0.15) is 0 Å². The SMILES string of the molecule is CC(C)(C)c1ccc(S(=O)CCc2ccccc2N)cc1. The monoisotopic (exact) mass is 301 g/mol. The van der Waals surface area contributed by atoms with E-state index in [0.29, 0.717) is 5.75 Å². The molecule has 0 aliphatic carbocycles. The zero-order valence-electron chi connectivity index (χ0n) is 12.9. The largest absolute Gasteiger partial charge is 0.399 e. The number of nitrogens with two attached hydrogens (primary N) is 1. The molecule has 0 radical (unpaired) electrons. The molecule has 2 N–H and O–H groups in total. The van der Waals surface area contributed by atoms with Gasteiger partial charge in [-0.1, -0.05) is 51.1 Å². The van der Waals surface area contributed by atoms with Crippen molar-refractivity contribution in [1.29, 1.82) is 0 Å². The molecular weight excluding hydrogens is 278 g/mol. The van der Waals surface area contributed by atoms with Crippen LogP contribution in [0.1, 0.15) is 31.9 Å². The lowest BCUT2D eigenvalue weighted by atomic mass is 9.87. The number of hydrogen-bond acceptors (Lipinski definition) is 2. The van der Waals surface area contributed by atoms with Crippen LogP contribution in [0.25, 0.3) is 0 Å². The van der Waals surface area contributed by atoms with Crippen molar-refractivity contribution in [2.24, 2.45) is 0 Å². The van der Waals surface area contributed by atoms with E-state index < -0.39 is 10.8 Å². The summed E-state index contributed by atoms with van der Waals surface area (Å²) in [5.41, 5.74) is 9.14. The molecule has 1 atom stereocenters. The van der Waals surface area contributed by atoms with Crippen LogP contribution in [0.15, 0.2) is 53.4 Å². The predicted octanol–water partition coefficient (Wildman–Crippen LogP) is 3.92. The van der Waals surface area contributed by atoms with Crippen molar-refractivity contribution in [1.82, 2.24) is 0 Å². The summed E-state index contributed by atoms with van der Waals surface area (Å²) in [6.45, 7) is 6.53. The number of aryl methyl sites for hydroxylation is 1. The van der Waals surface area contributed by atoms with E-state index in [-0.39, 0.29) is 5.41 Å². The van der Waals surface area contributed by atoms with Gasteiger partial charge in [-0.3, -0.25) is 4.21 Å². The van der Waals surface area contributed by atoms with Crippen LogP contribution in [0.3, 0.4) is 0 Å². The minimum absolute atomic E-state index is 0.124. The molecule has 0 bridgehead atoms. The van der Waals surface area contributed by atoms with Gasteiger partial charge >= 0.3 is 0 Å². The molecule has 0 saturated heterocycles. The van der Waals surface area contributed by atoms with Crippen molar-refractivity contribution in [3.8, 4) is 0 Å². The second-order valence-corrected chi connectivity index (χ2v) is 7.84. The van der Waals surface area contributed by atoms with E-state index in [1.165, 1.54) is 5.56 Å². The molecule has 21 heavy (non-hydrogen) atoms. The van der Waals surface area contributed by atoms with Gasteiger partial charge in [0.25, 0.3) is 0 Å².